The number of aromatic nitrogens is 2. The molecule has 0 saturated carbocycles. The second-order valence-electron chi connectivity index (χ2n) is 2.89. The first-order chi connectivity index (χ1) is 6.13. The number of nitrogens with two attached hydrogens (primary N) is 1. The molecule has 1 rings (SSSR count). The highest BCUT2D eigenvalue weighted by molar-refractivity contribution is 4.95. The van der Waals surface area contributed by atoms with Gasteiger partial charge in [0.1, 0.15) is 0 Å². The Morgan fingerprint density at radius 1 is 1.77 bits per heavy atom. The average molecular weight is 183 g/mol. The lowest BCUT2D eigenvalue weighted by atomic mass is 10.3. The van der Waals surface area contributed by atoms with Crippen molar-refractivity contribution in [1.29, 1.82) is 0 Å². The van der Waals surface area contributed by atoms with Gasteiger partial charge in [-0.2, -0.15) is 4.98 Å². The molecule has 0 spiro atoms. The Hall–Kier alpha value is -1.20. The number of aryl methyl sites for hydroxylation is 1. The molecule has 0 amide bonds. The van der Waals surface area contributed by atoms with Gasteiger partial charge >= 0.3 is 5.69 Å². The first kappa shape index (κ1) is 9.88. The molecule has 0 bridgehead atoms. The molecule has 1 aromatic rings. The third kappa shape index (κ3) is 2.64. The largest absolute Gasteiger partial charge is 0.390 e. The van der Waals surface area contributed by atoms with Crippen LogP contribution in [0, 0.1) is 6.92 Å². The van der Waals surface area contributed by atoms with E-state index in [4.69, 9.17) is 5.73 Å². The van der Waals surface area contributed by atoms with Gasteiger partial charge in [0.05, 0.1) is 12.6 Å². The van der Waals surface area contributed by atoms with Crippen LogP contribution in [0.15, 0.2) is 17.1 Å². The molecule has 3 N–H and O–H groups in total. The van der Waals surface area contributed by atoms with Crippen molar-refractivity contribution in [3.63, 3.8) is 0 Å². The molecule has 0 aliphatic carbocycles. The standard InChI is InChI=1S/C8H13N3O2/c1-6-2-3-11(8(13)10-6)5-7(12)4-9/h2-3,7,12H,4-5,9H2,1H3/t7-/m1/s1. The molecule has 1 atom stereocenters. The molecule has 0 unspecified atom stereocenters. The summed E-state index contributed by atoms with van der Waals surface area (Å²) in [4.78, 5) is 14.9. The predicted molar refractivity (Wildman–Crippen MR) is 48.3 cm³/mol. The third-order valence-electron chi connectivity index (χ3n) is 1.69. The van der Waals surface area contributed by atoms with Crippen LogP contribution in [0.1, 0.15) is 5.69 Å². The summed E-state index contributed by atoms with van der Waals surface area (Å²) in [6.45, 7) is 2.08. The monoisotopic (exact) mass is 183 g/mol. The number of rotatable bonds is 3. The summed E-state index contributed by atoms with van der Waals surface area (Å²) in [5.74, 6) is 0. The minimum Gasteiger partial charge on any atom is -0.390 e. The minimum absolute atomic E-state index is 0.139. The smallest absolute Gasteiger partial charge is 0.347 e. The molecule has 0 aromatic carbocycles. The van der Waals surface area contributed by atoms with Crippen LogP contribution in [0.5, 0.6) is 0 Å². The van der Waals surface area contributed by atoms with E-state index >= 15 is 0 Å². The zero-order valence-electron chi connectivity index (χ0n) is 7.47. The highest BCUT2D eigenvalue weighted by Gasteiger charge is 2.03. The van der Waals surface area contributed by atoms with E-state index in [1.807, 2.05) is 0 Å². The lowest BCUT2D eigenvalue weighted by Gasteiger charge is -2.09. The highest BCUT2D eigenvalue weighted by atomic mass is 16.3. The molecule has 5 nitrogen and oxygen atoms in total. The van der Waals surface area contributed by atoms with Gasteiger partial charge in [-0.25, -0.2) is 4.79 Å². The minimum atomic E-state index is -0.692. The van der Waals surface area contributed by atoms with Crippen LogP contribution in [0.2, 0.25) is 0 Å². The van der Waals surface area contributed by atoms with E-state index in [9.17, 15) is 9.90 Å². The van der Waals surface area contributed by atoms with Gasteiger partial charge in [-0.15, -0.1) is 0 Å². The molecule has 5 heteroatoms. The number of nitrogens with zero attached hydrogens (tertiary/aromatic N) is 2. The Morgan fingerprint density at radius 2 is 2.46 bits per heavy atom. The van der Waals surface area contributed by atoms with Crippen molar-refractivity contribution in [2.24, 2.45) is 5.73 Å². The molecule has 0 radical (unpaired) electrons. The van der Waals surface area contributed by atoms with Crippen molar-refractivity contribution < 1.29 is 5.11 Å². The van der Waals surface area contributed by atoms with Gasteiger partial charge < -0.3 is 10.8 Å². The van der Waals surface area contributed by atoms with Crippen molar-refractivity contribution in [3.8, 4) is 0 Å². The van der Waals surface area contributed by atoms with Gasteiger partial charge in [0.2, 0.25) is 0 Å². The Morgan fingerprint density at radius 3 is 3.00 bits per heavy atom. The number of hydrogen-bond acceptors (Lipinski definition) is 4. The summed E-state index contributed by atoms with van der Waals surface area (Å²) in [5.41, 5.74) is 5.53. The van der Waals surface area contributed by atoms with Crippen molar-refractivity contribution in [2.75, 3.05) is 6.54 Å². The van der Waals surface area contributed by atoms with Crippen LogP contribution >= 0.6 is 0 Å². The van der Waals surface area contributed by atoms with E-state index < -0.39 is 6.10 Å². The van der Waals surface area contributed by atoms with E-state index in [0.29, 0.717) is 5.69 Å². The first-order valence-corrected chi connectivity index (χ1v) is 4.05. The quantitative estimate of drug-likeness (QED) is 0.621. The second-order valence-corrected chi connectivity index (χ2v) is 2.89. The Balaban J connectivity index is 2.84. The van der Waals surface area contributed by atoms with E-state index in [2.05, 4.69) is 4.98 Å². The van der Waals surface area contributed by atoms with Crippen molar-refractivity contribution >= 4 is 0 Å². The molecular formula is C8H13N3O2. The molecule has 0 fully saturated rings. The average Bonchev–Trinajstić information content (AvgIpc) is 2.09. The fourth-order valence-corrected chi connectivity index (χ4v) is 0.954. The lowest BCUT2D eigenvalue weighted by Crippen LogP contribution is -2.32. The van der Waals surface area contributed by atoms with E-state index in [1.54, 1.807) is 19.2 Å². The molecule has 13 heavy (non-hydrogen) atoms. The maximum absolute atomic E-state index is 11.2. The summed E-state index contributed by atoms with van der Waals surface area (Å²) >= 11 is 0. The van der Waals surface area contributed by atoms with Crippen LogP contribution in [0.4, 0.5) is 0 Å². The zero-order chi connectivity index (χ0) is 9.84. The van der Waals surface area contributed by atoms with Gasteiger partial charge in [-0.1, -0.05) is 0 Å². The zero-order valence-corrected chi connectivity index (χ0v) is 7.47. The van der Waals surface area contributed by atoms with Gasteiger partial charge in [0, 0.05) is 18.4 Å². The normalized spacial score (nSPS) is 12.8. The van der Waals surface area contributed by atoms with Gasteiger partial charge in [-0.3, -0.25) is 4.57 Å². The molecule has 1 heterocycles. The molecular weight excluding hydrogens is 170 g/mol. The third-order valence-corrected chi connectivity index (χ3v) is 1.69. The van der Waals surface area contributed by atoms with Crippen LogP contribution in [-0.2, 0) is 6.54 Å². The second kappa shape index (κ2) is 4.15. The lowest BCUT2D eigenvalue weighted by molar-refractivity contribution is 0.160. The maximum Gasteiger partial charge on any atom is 0.347 e. The van der Waals surface area contributed by atoms with Crippen molar-refractivity contribution in [1.82, 2.24) is 9.55 Å². The van der Waals surface area contributed by atoms with Gasteiger partial charge in [0.25, 0.3) is 0 Å². The highest BCUT2D eigenvalue weighted by Crippen LogP contribution is 1.89. The Kier molecular flexibility index (Phi) is 3.16. The van der Waals surface area contributed by atoms with E-state index in [0.717, 1.165) is 0 Å². The van der Waals surface area contributed by atoms with Crippen molar-refractivity contribution in [2.45, 2.75) is 19.6 Å². The molecule has 0 aliphatic heterocycles. The van der Waals surface area contributed by atoms with E-state index in [1.165, 1.54) is 4.57 Å². The topological polar surface area (TPSA) is 81.1 Å². The summed E-state index contributed by atoms with van der Waals surface area (Å²) < 4.78 is 1.34. The summed E-state index contributed by atoms with van der Waals surface area (Å²) in [5, 5.41) is 9.19. The van der Waals surface area contributed by atoms with Crippen LogP contribution in [-0.4, -0.2) is 27.3 Å². The van der Waals surface area contributed by atoms with Crippen molar-refractivity contribution in [3.05, 3.63) is 28.4 Å². The van der Waals surface area contributed by atoms with Crippen LogP contribution in [0.3, 0.4) is 0 Å². The first-order valence-electron chi connectivity index (χ1n) is 4.05. The van der Waals surface area contributed by atoms with Gasteiger partial charge in [-0.05, 0) is 13.0 Å². The fourth-order valence-electron chi connectivity index (χ4n) is 0.954. The van der Waals surface area contributed by atoms with E-state index in [-0.39, 0.29) is 18.8 Å². The summed E-state index contributed by atoms with van der Waals surface area (Å²) in [7, 11) is 0. The maximum atomic E-state index is 11.2. The Bertz CT molecular complexity index is 334. The summed E-state index contributed by atoms with van der Waals surface area (Å²) in [6.07, 6.45) is 0.908. The Labute approximate surface area is 75.8 Å². The molecule has 0 aliphatic rings. The number of aliphatic hydroxyl groups excluding tert-OH is 1. The number of hydrogen-bond donors (Lipinski definition) is 2. The van der Waals surface area contributed by atoms with Crippen LogP contribution in [0.25, 0.3) is 0 Å². The van der Waals surface area contributed by atoms with Gasteiger partial charge in [0.15, 0.2) is 0 Å². The van der Waals surface area contributed by atoms with Crippen LogP contribution < -0.4 is 11.4 Å². The predicted octanol–water partition coefficient (Wildman–Crippen LogP) is -1.13. The fraction of sp³-hybridized carbons (Fsp3) is 0.500. The SMILES string of the molecule is Cc1ccn(C[C@H](O)CN)c(=O)n1. The molecule has 1 aromatic heterocycles. The number of aliphatic hydroxyl groups is 1. The molecule has 0 saturated heterocycles. The summed E-state index contributed by atoms with van der Waals surface area (Å²) in [6, 6.07) is 1.71. The molecule has 72 valence electrons.